The molecule has 2 amide bonds. The van der Waals surface area contributed by atoms with Crippen LogP contribution in [0.5, 0.6) is 0 Å². The molecule has 0 heterocycles. The topological polar surface area (TPSA) is 102 Å². The Bertz CT molecular complexity index is 957. The first-order valence-corrected chi connectivity index (χ1v) is 10.8. The second-order valence-corrected chi connectivity index (χ2v) is 7.79. The van der Waals surface area contributed by atoms with E-state index in [1.807, 2.05) is 6.92 Å². The van der Waals surface area contributed by atoms with Crippen LogP contribution < -0.4 is 10.2 Å². The molecule has 1 N–H and O–H groups in total. The van der Waals surface area contributed by atoms with Gasteiger partial charge in [0.2, 0.25) is 0 Å². The zero-order chi connectivity index (χ0) is 24.4. The summed E-state index contributed by atoms with van der Waals surface area (Å²) in [5, 5.41) is 2.67. The van der Waals surface area contributed by atoms with E-state index in [2.05, 4.69) is 5.32 Å². The minimum atomic E-state index is -0.943. The van der Waals surface area contributed by atoms with Gasteiger partial charge in [-0.15, -0.1) is 0 Å². The average molecular weight is 455 g/mol. The Morgan fingerprint density at radius 3 is 2.15 bits per heavy atom. The molecule has 0 aliphatic rings. The summed E-state index contributed by atoms with van der Waals surface area (Å²) < 4.78 is 10.2. The van der Waals surface area contributed by atoms with Crippen molar-refractivity contribution < 1.29 is 28.7 Å². The Morgan fingerprint density at radius 1 is 0.939 bits per heavy atom. The van der Waals surface area contributed by atoms with Crippen molar-refractivity contribution in [3.05, 3.63) is 65.7 Å². The number of rotatable bonds is 10. The second kappa shape index (κ2) is 12.4. The number of benzene rings is 2. The molecule has 33 heavy (non-hydrogen) atoms. The van der Waals surface area contributed by atoms with Gasteiger partial charge in [0.05, 0.1) is 6.61 Å². The lowest BCUT2D eigenvalue weighted by Gasteiger charge is -2.24. The molecule has 0 aliphatic carbocycles. The molecule has 1 atom stereocenters. The summed E-state index contributed by atoms with van der Waals surface area (Å²) in [5.41, 5.74) is 1.90. The van der Waals surface area contributed by atoms with E-state index in [0.717, 1.165) is 5.56 Å². The molecule has 8 nitrogen and oxygen atoms in total. The fourth-order valence-corrected chi connectivity index (χ4v) is 2.99. The van der Waals surface area contributed by atoms with Gasteiger partial charge in [-0.25, -0.2) is 4.79 Å². The van der Waals surface area contributed by atoms with Crippen LogP contribution in [0.25, 0.3) is 0 Å². The van der Waals surface area contributed by atoms with E-state index in [0.29, 0.717) is 11.3 Å². The van der Waals surface area contributed by atoms with E-state index in [1.165, 1.54) is 4.90 Å². The molecule has 0 spiro atoms. The fraction of sp³-hybridized carbons (Fsp3) is 0.360. The highest BCUT2D eigenvalue weighted by Crippen LogP contribution is 2.14. The van der Waals surface area contributed by atoms with Gasteiger partial charge in [0.25, 0.3) is 11.8 Å². The number of esters is 2. The first-order valence-electron chi connectivity index (χ1n) is 10.8. The number of aryl methyl sites for hydroxylation is 1. The normalized spacial score (nSPS) is 11.4. The Kier molecular flexibility index (Phi) is 9.60. The maximum absolute atomic E-state index is 12.8. The predicted molar refractivity (Wildman–Crippen MR) is 124 cm³/mol. The van der Waals surface area contributed by atoms with Crippen LogP contribution in [0, 0.1) is 12.8 Å². The van der Waals surface area contributed by atoms with Gasteiger partial charge in [-0.3, -0.25) is 19.3 Å². The van der Waals surface area contributed by atoms with E-state index >= 15 is 0 Å². The molecule has 176 valence electrons. The maximum atomic E-state index is 12.8. The molecule has 0 aromatic heterocycles. The molecule has 2 aromatic carbocycles. The van der Waals surface area contributed by atoms with Crippen molar-refractivity contribution in [1.29, 1.82) is 0 Å². The van der Waals surface area contributed by atoms with Crippen LogP contribution in [-0.4, -0.2) is 49.6 Å². The summed E-state index contributed by atoms with van der Waals surface area (Å²) in [6.07, 6.45) is 0. The van der Waals surface area contributed by atoms with E-state index in [-0.39, 0.29) is 19.1 Å². The van der Waals surface area contributed by atoms with Crippen molar-refractivity contribution in [2.75, 3.05) is 24.7 Å². The highest BCUT2D eigenvalue weighted by molar-refractivity contribution is 6.00. The van der Waals surface area contributed by atoms with Crippen LogP contribution in [0.4, 0.5) is 5.69 Å². The Labute approximate surface area is 193 Å². The molecular weight excluding hydrogens is 424 g/mol. The number of hydrogen-bond donors (Lipinski definition) is 1. The van der Waals surface area contributed by atoms with Gasteiger partial charge in [-0.1, -0.05) is 49.7 Å². The summed E-state index contributed by atoms with van der Waals surface area (Å²) >= 11 is 0. The lowest BCUT2D eigenvalue weighted by Crippen LogP contribution is -2.46. The van der Waals surface area contributed by atoms with Crippen LogP contribution >= 0.6 is 0 Å². The molecule has 2 rings (SSSR count). The molecule has 0 bridgehead atoms. The Morgan fingerprint density at radius 2 is 1.58 bits per heavy atom. The monoisotopic (exact) mass is 454 g/mol. The predicted octanol–water partition coefficient (Wildman–Crippen LogP) is 2.89. The van der Waals surface area contributed by atoms with Gasteiger partial charge in [0.15, 0.2) is 6.61 Å². The smallest absolute Gasteiger partial charge is 0.329 e. The zero-order valence-corrected chi connectivity index (χ0v) is 19.4. The number of ether oxygens (including phenoxy) is 2. The van der Waals surface area contributed by atoms with E-state index in [1.54, 1.807) is 75.4 Å². The highest BCUT2D eigenvalue weighted by atomic mass is 16.5. The van der Waals surface area contributed by atoms with Crippen molar-refractivity contribution in [3.63, 3.8) is 0 Å². The Hall–Kier alpha value is -3.68. The van der Waals surface area contributed by atoms with Gasteiger partial charge >= 0.3 is 11.9 Å². The van der Waals surface area contributed by atoms with Crippen molar-refractivity contribution in [3.8, 4) is 0 Å². The van der Waals surface area contributed by atoms with Gasteiger partial charge in [0.1, 0.15) is 12.6 Å². The molecule has 0 saturated carbocycles. The lowest BCUT2D eigenvalue weighted by molar-refractivity contribution is -0.151. The van der Waals surface area contributed by atoms with E-state index in [4.69, 9.17) is 9.47 Å². The highest BCUT2D eigenvalue weighted by Gasteiger charge is 2.28. The van der Waals surface area contributed by atoms with Crippen LogP contribution in [0.2, 0.25) is 0 Å². The fourth-order valence-electron chi connectivity index (χ4n) is 2.99. The standard InChI is InChI=1S/C25H30N2O6/c1-5-32-22(29)15-27(20-9-7-6-8-10-20)21(28)16-33-25(31)23(17(2)3)26-24(30)19-13-11-18(4)12-14-19/h6-14,17,23H,5,15-16H2,1-4H3,(H,26,30)/t23-/m0/s1. The van der Waals surface area contributed by atoms with Crippen molar-refractivity contribution in [2.45, 2.75) is 33.7 Å². The molecule has 0 unspecified atom stereocenters. The molecule has 0 aliphatic heterocycles. The number of carbonyl (C=O) groups excluding carboxylic acids is 4. The molecule has 0 fully saturated rings. The number of amides is 2. The van der Waals surface area contributed by atoms with Crippen LogP contribution in [0.1, 0.15) is 36.7 Å². The third kappa shape index (κ3) is 7.75. The molecular formula is C25H30N2O6. The first kappa shape index (κ1) is 25.6. The Balaban J connectivity index is 2.05. The zero-order valence-electron chi connectivity index (χ0n) is 19.4. The van der Waals surface area contributed by atoms with Crippen LogP contribution in [0.3, 0.4) is 0 Å². The van der Waals surface area contributed by atoms with Crippen molar-refractivity contribution >= 4 is 29.4 Å². The van der Waals surface area contributed by atoms with E-state index in [9.17, 15) is 19.2 Å². The second-order valence-electron chi connectivity index (χ2n) is 7.79. The van der Waals surface area contributed by atoms with Gasteiger partial charge in [-0.2, -0.15) is 0 Å². The van der Waals surface area contributed by atoms with Gasteiger partial charge < -0.3 is 14.8 Å². The number of nitrogens with zero attached hydrogens (tertiary/aromatic N) is 1. The summed E-state index contributed by atoms with van der Waals surface area (Å²) in [4.78, 5) is 51.2. The van der Waals surface area contributed by atoms with Gasteiger partial charge in [0, 0.05) is 11.3 Å². The minimum absolute atomic E-state index is 0.182. The number of para-hydroxylation sites is 1. The summed E-state index contributed by atoms with van der Waals surface area (Å²) in [6.45, 7) is 6.39. The molecule has 0 saturated heterocycles. The quantitative estimate of drug-likeness (QED) is 0.554. The van der Waals surface area contributed by atoms with Crippen LogP contribution in [0.15, 0.2) is 54.6 Å². The third-order valence-corrected chi connectivity index (χ3v) is 4.82. The third-order valence-electron chi connectivity index (χ3n) is 4.82. The molecule has 8 heteroatoms. The average Bonchev–Trinajstić information content (AvgIpc) is 2.80. The van der Waals surface area contributed by atoms with E-state index < -0.39 is 36.4 Å². The largest absolute Gasteiger partial charge is 0.465 e. The molecule has 0 radical (unpaired) electrons. The van der Waals surface area contributed by atoms with Crippen molar-refractivity contribution in [2.24, 2.45) is 5.92 Å². The SMILES string of the molecule is CCOC(=O)CN(C(=O)COC(=O)[C@@H](NC(=O)c1ccc(C)cc1)C(C)C)c1ccccc1. The summed E-state index contributed by atoms with van der Waals surface area (Å²) in [5.74, 6) is -2.58. The lowest BCUT2D eigenvalue weighted by atomic mass is 10.0. The number of anilines is 1. The summed E-state index contributed by atoms with van der Waals surface area (Å²) in [6, 6.07) is 14.6. The maximum Gasteiger partial charge on any atom is 0.329 e. The minimum Gasteiger partial charge on any atom is -0.465 e. The van der Waals surface area contributed by atoms with Crippen molar-refractivity contribution in [1.82, 2.24) is 5.32 Å². The first-order chi connectivity index (χ1) is 15.7. The number of nitrogens with one attached hydrogen (secondary N) is 1. The molecule has 2 aromatic rings. The van der Waals surface area contributed by atoms with Crippen LogP contribution in [-0.2, 0) is 23.9 Å². The van der Waals surface area contributed by atoms with Gasteiger partial charge in [-0.05, 0) is 44.0 Å². The summed E-state index contributed by atoms with van der Waals surface area (Å²) in [7, 11) is 0. The number of hydrogen-bond acceptors (Lipinski definition) is 6. The number of carbonyl (C=O) groups is 4.